The fourth-order valence-electron chi connectivity index (χ4n) is 3.85. The molecule has 1 spiro atoms. The molecule has 3 rings (SSSR count). The molecule has 5 heteroatoms. The smallest absolute Gasteiger partial charge is 0.246 e. The largest absolute Gasteiger partial charge is 0.379 e. The fraction of sp³-hybridized carbons (Fsp3) is 0.842. The van der Waals surface area contributed by atoms with Crippen molar-refractivity contribution in [3.63, 3.8) is 0 Å². The third-order valence-electron chi connectivity index (χ3n) is 5.89. The molecule has 0 bridgehead atoms. The number of hydrogen-bond donors (Lipinski definition) is 0. The number of carbonyl (C=O) groups excluding carboxylic acids is 1. The summed E-state index contributed by atoms with van der Waals surface area (Å²) in [5, 5.41) is 0. The zero-order chi connectivity index (χ0) is 17.0. The van der Waals surface area contributed by atoms with Crippen molar-refractivity contribution < 1.29 is 14.3 Å². The molecule has 0 aromatic rings. The van der Waals surface area contributed by atoms with Crippen molar-refractivity contribution >= 4 is 5.91 Å². The van der Waals surface area contributed by atoms with Gasteiger partial charge in [-0.25, -0.2) is 0 Å². The topological polar surface area (TPSA) is 42.0 Å². The lowest BCUT2D eigenvalue weighted by molar-refractivity contribution is -0.141. The monoisotopic (exact) mass is 336 g/mol. The Balaban J connectivity index is 1.42. The number of nitrogens with zero attached hydrogens (tertiary/aromatic N) is 2. The second-order valence-corrected chi connectivity index (χ2v) is 8.19. The maximum absolute atomic E-state index is 12.4. The summed E-state index contributed by atoms with van der Waals surface area (Å²) in [7, 11) is 0. The van der Waals surface area contributed by atoms with Crippen LogP contribution in [0.3, 0.4) is 0 Å². The molecule has 0 N–H and O–H groups in total. The van der Waals surface area contributed by atoms with E-state index in [-0.39, 0.29) is 11.5 Å². The predicted octanol–water partition coefficient (Wildman–Crippen LogP) is 2.07. The quantitative estimate of drug-likeness (QED) is 0.740. The van der Waals surface area contributed by atoms with Crippen molar-refractivity contribution in [1.82, 2.24) is 9.80 Å². The van der Waals surface area contributed by atoms with Crippen LogP contribution in [0.5, 0.6) is 0 Å². The van der Waals surface area contributed by atoms with Crippen LogP contribution in [0.2, 0.25) is 0 Å². The lowest BCUT2D eigenvalue weighted by atomic mass is 9.72. The average Bonchev–Trinajstić information content (AvgIpc) is 2.59. The minimum Gasteiger partial charge on any atom is -0.379 e. The third-order valence-corrected chi connectivity index (χ3v) is 5.89. The van der Waals surface area contributed by atoms with E-state index in [1.807, 2.05) is 11.0 Å². The van der Waals surface area contributed by atoms with Gasteiger partial charge in [-0.1, -0.05) is 6.08 Å². The molecule has 5 nitrogen and oxygen atoms in total. The SMILES string of the molecule is CC1(C)CCC2(CCN(C(=O)C=CCN3CCOCC3)CC2)CO1. The summed E-state index contributed by atoms with van der Waals surface area (Å²) in [4.78, 5) is 16.7. The number of hydrogen-bond acceptors (Lipinski definition) is 4. The second kappa shape index (κ2) is 7.54. The molecule has 3 saturated heterocycles. The standard InChI is InChI=1S/C19H32N2O3/c1-18(2)5-6-19(16-24-18)7-10-21(11-8-19)17(22)4-3-9-20-12-14-23-15-13-20/h3-4H,5-16H2,1-2H3. The number of amides is 1. The van der Waals surface area contributed by atoms with Crippen LogP contribution in [0.15, 0.2) is 12.2 Å². The number of piperidine rings is 1. The molecule has 3 aliphatic heterocycles. The van der Waals surface area contributed by atoms with E-state index in [2.05, 4.69) is 18.7 Å². The van der Waals surface area contributed by atoms with Gasteiger partial charge in [0, 0.05) is 38.8 Å². The van der Waals surface area contributed by atoms with Crippen molar-refractivity contribution in [3.8, 4) is 0 Å². The highest BCUT2D eigenvalue weighted by atomic mass is 16.5. The van der Waals surface area contributed by atoms with Crippen LogP contribution in [-0.4, -0.2) is 73.9 Å². The summed E-state index contributed by atoms with van der Waals surface area (Å²) in [6.07, 6.45) is 8.27. The molecule has 136 valence electrons. The zero-order valence-electron chi connectivity index (χ0n) is 15.3. The first kappa shape index (κ1) is 17.9. The van der Waals surface area contributed by atoms with Crippen LogP contribution in [0.4, 0.5) is 0 Å². The van der Waals surface area contributed by atoms with Gasteiger partial charge in [0.05, 0.1) is 25.4 Å². The van der Waals surface area contributed by atoms with Gasteiger partial charge in [0.2, 0.25) is 5.91 Å². The Hall–Kier alpha value is -0.910. The lowest BCUT2D eigenvalue weighted by Crippen LogP contribution is -2.49. The van der Waals surface area contributed by atoms with Crippen molar-refractivity contribution in [1.29, 1.82) is 0 Å². The van der Waals surface area contributed by atoms with Crippen LogP contribution < -0.4 is 0 Å². The highest BCUT2D eigenvalue weighted by Crippen LogP contribution is 2.43. The molecule has 0 unspecified atom stereocenters. The fourth-order valence-corrected chi connectivity index (χ4v) is 3.85. The second-order valence-electron chi connectivity index (χ2n) is 8.19. The highest BCUT2D eigenvalue weighted by molar-refractivity contribution is 5.87. The normalized spacial score (nSPS) is 27.7. The molecule has 0 aromatic heterocycles. The molecule has 3 fully saturated rings. The van der Waals surface area contributed by atoms with Crippen molar-refractivity contribution in [2.75, 3.05) is 52.5 Å². The summed E-state index contributed by atoms with van der Waals surface area (Å²) in [5.41, 5.74) is 0.338. The van der Waals surface area contributed by atoms with Crippen LogP contribution in [-0.2, 0) is 14.3 Å². The van der Waals surface area contributed by atoms with Crippen LogP contribution in [0.1, 0.15) is 39.5 Å². The van der Waals surface area contributed by atoms with Gasteiger partial charge in [-0.05, 0) is 44.9 Å². The van der Waals surface area contributed by atoms with Gasteiger partial charge in [0.25, 0.3) is 0 Å². The van der Waals surface area contributed by atoms with Crippen molar-refractivity contribution in [2.45, 2.75) is 45.1 Å². The highest BCUT2D eigenvalue weighted by Gasteiger charge is 2.41. The first-order valence-corrected chi connectivity index (χ1v) is 9.38. The van der Waals surface area contributed by atoms with Crippen LogP contribution in [0, 0.1) is 5.41 Å². The molecular weight excluding hydrogens is 304 g/mol. The number of carbonyl (C=O) groups is 1. The number of likely N-dealkylation sites (tertiary alicyclic amines) is 1. The Morgan fingerprint density at radius 3 is 2.38 bits per heavy atom. The van der Waals surface area contributed by atoms with Gasteiger partial charge in [-0.15, -0.1) is 0 Å². The first-order valence-electron chi connectivity index (χ1n) is 9.38. The van der Waals surface area contributed by atoms with E-state index in [0.717, 1.165) is 71.8 Å². The van der Waals surface area contributed by atoms with E-state index in [9.17, 15) is 4.79 Å². The molecule has 0 atom stereocenters. The molecule has 3 heterocycles. The van der Waals surface area contributed by atoms with Gasteiger partial charge >= 0.3 is 0 Å². The van der Waals surface area contributed by atoms with Gasteiger partial charge in [-0.3, -0.25) is 9.69 Å². The van der Waals surface area contributed by atoms with Crippen LogP contribution in [0.25, 0.3) is 0 Å². The summed E-state index contributed by atoms with van der Waals surface area (Å²) < 4.78 is 11.4. The predicted molar refractivity (Wildman–Crippen MR) is 93.9 cm³/mol. The van der Waals surface area contributed by atoms with Crippen LogP contribution >= 0.6 is 0 Å². The minimum atomic E-state index is 0.0282. The molecular formula is C19H32N2O3. The summed E-state index contributed by atoms with van der Waals surface area (Å²) in [6.45, 7) is 11.3. The lowest BCUT2D eigenvalue weighted by Gasteiger charge is -2.47. The third kappa shape index (κ3) is 4.58. The Kier molecular flexibility index (Phi) is 5.63. The molecule has 0 radical (unpaired) electrons. The van der Waals surface area contributed by atoms with E-state index in [4.69, 9.17) is 9.47 Å². The Labute approximate surface area is 146 Å². The summed E-state index contributed by atoms with van der Waals surface area (Å²) in [5.74, 6) is 0.162. The van der Waals surface area contributed by atoms with Gasteiger partial charge in [-0.2, -0.15) is 0 Å². The first-order chi connectivity index (χ1) is 11.5. The Morgan fingerprint density at radius 2 is 1.75 bits per heavy atom. The maximum Gasteiger partial charge on any atom is 0.246 e. The van der Waals surface area contributed by atoms with Gasteiger partial charge in [0.1, 0.15) is 0 Å². The molecule has 3 aliphatic rings. The zero-order valence-corrected chi connectivity index (χ0v) is 15.3. The van der Waals surface area contributed by atoms with Gasteiger partial charge < -0.3 is 14.4 Å². The van der Waals surface area contributed by atoms with E-state index < -0.39 is 0 Å². The van der Waals surface area contributed by atoms with Crippen molar-refractivity contribution in [2.24, 2.45) is 5.41 Å². The number of morpholine rings is 1. The Bertz CT molecular complexity index is 449. The molecule has 1 amide bonds. The average molecular weight is 336 g/mol. The van der Waals surface area contributed by atoms with Gasteiger partial charge in [0.15, 0.2) is 0 Å². The summed E-state index contributed by atoms with van der Waals surface area (Å²) >= 11 is 0. The number of rotatable bonds is 3. The number of ether oxygens (including phenoxy) is 2. The Morgan fingerprint density at radius 1 is 1.04 bits per heavy atom. The molecule has 0 saturated carbocycles. The minimum absolute atomic E-state index is 0.0282. The van der Waals surface area contributed by atoms with E-state index in [1.54, 1.807) is 6.08 Å². The molecule has 24 heavy (non-hydrogen) atoms. The molecule has 0 aromatic carbocycles. The van der Waals surface area contributed by atoms with E-state index in [0.29, 0.717) is 5.41 Å². The van der Waals surface area contributed by atoms with E-state index in [1.165, 1.54) is 6.42 Å². The van der Waals surface area contributed by atoms with Crippen molar-refractivity contribution in [3.05, 3.63) is 12.2 Å². The van der Waals surface area contributed by atoms with E-state index >= 15 is 0 Å². The molecule has 0 aliphatic carbocycles. The maximum atomic E-state index is 12.4. The summed E-state index contributed by atoms with van der Waals surface area (Å²) in [6, 6.07) is 0.